The van der Waals surface area contributed by atoms with E-state index >= 15 is 0 Å². The summed E-state index contributed by atoms with van der Waals surface area (Å²) in [5, 5.41) is 5.62. The lowest BCUT2D eigenvalue weighted by atomic mass is 9.81. The van der Waals surface area contributed by atoms with Crippen molar-refractivity contribution in [3.05, 3.63) is 54.3 Å². The molecule has 0 bridgehead atoms. The number of anilines is 3. The first-order chi connectivity index (χ1) is 13.4. The Labute approximate surface area is 164 Å². The molecule has 0 radical (unpaired) electrons. The summed E-state index contributed by atoms with van der Waals surface area (Å²) in [5.41, 5.74) is 2.04. The summed E-state index contributed by atoms with van der Waals surface area (Å²) in [7, 11) is 3.93. The number of nitrogens with one attached hydrogen (secondary N) is 2. The minimum atomic E-state index is -0.441. The molecular weight excluding hydrogens is 357 g/mol. The van der Waals surface area contributed by atoms with E-state index < -0.39 is 5.82 Å². The van der Waals surface area contributed by atoms with Crippen LogP contribution in [0.1, 0.15) is 25.7 Å². The highest BCUT2D eigenvalue weighted by atomic mass is 19.1. The molecule has 6 heteroatoms. The van der Waals surface area contributed by atoms with Crippen LogP contribution in [-0.4, -0.2) is 25.9 Å². The van der Waals surface area contributed by atoms with Crippen LogP contribution in [0.5, 0.6) is 0 Å². The zero-order valence-electron chi connectivity index (χ0n) is 16.2. The molecule has 148 valence electrons. The molecule has 2 aromatic carbocycles. The van der Waals surface area contributed by atoms with Crippen molar-refractivity contribution in [3.8, 4) is 0 Å². The van der Waals surface area contributed by atoms with Gasteiger partial charge in [0.15, 0.2) is 0 Å². The normalized spacial score (nSPS) is 19.0. The molecule has 1 aliphatic carbocycles. The average molecular weight is 383 g/mol. The number of carbonyl (C=O) groups excluding carboxylic acids is 2. The van der Waals surface area contributed by atoms with Crippen molar-refractivity contribution in [3.63, 3.8) is 0 Å². The fourth-order valence-electron chi connectivity index (χ4n) is 3.50. The fraction of sp³-hybridized carbons (Fsp3) is 0.364. The van der Waals surface area contributed by atoms with E-state index in [2.05, 4.69) is 10.6 Å². The van der Waals surface area contributed by atoms with Crippen molar-refractivity contribution in [2.75, 3.05) is 29.6 Å². The van der Waals surface area contributed by atoms with Gasteiger partial charge in [0.2, 0.25) is 11.8 Å². The number of hydrogen-bond acceptors (Lipinski definition) is 3. The van der Waals surface area contributed by atoms with Gasteiger partial charge in [-0.3, -0.25) is 9.59 Å². The van der Waals surface area contributed by atoms with Gasteiger partial charge in [-0.05, 0) is 62.1 Å². The first-order valence-corrected chi connectivity index (χ1v) is 9.57. The number of para-hydroxylation sites is 1. The maximum absolute atomic E-state index is 13.7. The smallest absolute Gasteiger partial charge is 0.227 e. The second-order valence-electron chi connectivity index (χ2n) is 7.45. The first kappa shape index (κ1) is 19.9. The third kappa shape index (κ3) is 4.88. The Balaban J connectivity index is 1.49. The molecule has 0 aromatic heterocycles. The Hall–Kier alpha value is -2.89. The van der Waals surface area contributed by atoms with Crippen LogP contribution in [0.2, 0.25) is 0 Å². The van der Waals surface area contributed by atoms with E-state index in [1.165, 1.54) is 6.07 Å². The van der Waals surface area contributed by atoms with Crippen LogP contribution >= 0.6 is 0 Å². The molecule has 2 N–H and O–H groups in total. The zero-order chi connectivity index (χ0) is 20.1. The molecule has 5 nitrogen and oxygen atoms in total. The van der Waals surface area contributed by atoms with Crippen molar-refractivity contribution in [1.29, 1.82) is 0 Å². The van der Waals surface area contributed by atoms with E-state index in [4.69, 9.17) is 0 Å². The summed E-state index contributed by atoms with van der Waals surface area (Å²) in [5.74, 6) is -0.924. The molecular formula is C22H26FN3O2. The Morgan fingerprint density at radius 3 is 1.93 bits per heavy atom. The Bertz CT molecular complexity index is 828. The molecule has 1 aliphatic rings. The van der Waals surface area contributed by atoms with Crippen LogP contribution in [-0.2, 0) is 9.59 Å². The molecule has 0 atom stereocenters. The molecule has 0 aliphatic heterocycles. The van der Waals surface area contributed by atoms with Crippen LogP contribution in [0.3, 0.4) is 0 Å². The highest BCUT2D eigenvalue weighted by Gasteiger charge is 2.30. The van der Waals surface area contributed by atoms with Gasteiger partial charge in [-0.25, -0.2) is 4.39 Å². The Kier molecular flexibility index (Phi) is 6.29. The summed E-state index contributed by atoms with van der Waals surface area (Å²) in [6.45, 7) is 0. The second-order valence-corrected chi connectivity index (χ2v) is 7.45. The monoisotopic (exact) mass is 383 g/mol. The number of nitrogens with zero attached hydrogens (tertiary/aromatic N) is 1. The highest BCUT2D eigenvalue weighted by Crippen LogP contribution is 2.31. The summed E-state index contributed by atoms with van der Waals surface area (Å²) in [6, 6.07) is 13.8. The quantitative estimate of drug-likeness (QED) is 0.810. The number of amides is 2. The van der Waals surface area contributed by atoms with E-state index in [9.17, 15) is 14.0 Å². The van der Waals surface area contributed by atoms with Gasteiger partial charge in [0.1, 0.15) is 5.82 Å². The molecule has 0 unspecified atom stereocenters. The lowest BCUT2D eigenvalue weighted by molar-refractivity contribution is -0.125. The lowest BCUT2D eigenvalue weighted by Crippen LogP contribution is -2.32. The molecule has 0 saturated heterocycles. The molecule has 28 heavy (non-hydrogen) atoms. The minimum absolute atomic E-state index is 0.00874. The van der Waals surface area contributed by atoms with E-state index in [1.54, 1.807) is 18.2 Å². The van der Waals surface area contributed by atoms with Crippen LogP contribution < -0.4 is 15.5 Å². The highest BCUT2D eigenvalue weighted by molar-refractivity contribution is 5.94. The van der Waals surface area contributed by atoms with Crippen LogP contribution in [0, 0.1) is 17.7 Å². The number of benzene rings is 2. The van der Waals surface area contributed by atoms with E-state index in [-0.39, 0.29) is 29.3 Å². The number of halogens is 1. The summed E-state index contributed by atoms with van der Waals surface area (Å²) >= 11 is 0. The molecule has 2 aromatic rings. The van der Waals surface area contributed by atoms with Gasteiger partial charge in [-0.15, -0.1) is 0 Å². The maximum atomic E-state index is 13.7. The van der Waals surface area contributed by atoms with Crippen molar-refractivity contribution < 1.29 is 14.0 Å². The largest absolute Gasteiger partial charge is 0.378 e. The SMILES string of the molecule is CN(C)c1ccc(NC(=O)C2CCC(C(=O)Nc3ccccc3F)CC2)cc1. The maximum Gasteiger partial charge on any atom is 0.227 e. The first-order valence-electron chi connectivity index (χ1n) is 9.57. The summed E-state index contributed by atoms with van der Waals surface area (Å²) < 4.78 is 13.7. The fourth-order valence-corrected chi connectivity index (χ4v) is 3.50. The van der Waals surface area contributed by atoms with Crippen molar-refractivity contribution in [2.45, 2.75) is 25.7 Å². The van der Waals surface area contributed by atoms with Gasteiger partial charge in [0, 0.05) is 37.3 Å². The van der Waals surface area contributed by atoms with Gasteiger partial charge in [0.05, 0.1) is 5.69 Å². The third-order valence-electron chi connectivity index (χ3n) is 5.25. The standard InChI is InChI=1S/C22H26FN3O2/c1-26(2)18-13-11-17(12-14-18)24-21(27)15-7-9-16(10-8-15)22(28)25-20-6-4-3-5-19(20)23/h3-6,11-16H,7-10H2,1-2H3,(H,24,27)(H,25,28). The molecule has 2 amide bonds. The summed E-state index contributed by atoms with van der Waals surface area (Å²) in [4.78, 5) is 26.9. The topological polar surface area (TPSA) is 61.4 Å². The van der Waals surface area contributed by atoms with Gasteiger partial charge in [0.25, 0.3) is 0 Å². The van der Waals surface area contributed by atoms with Crippen molar-refractivity contribution in [1.82, 2.24) is 0 Å². The van der Waals surface area contributed by atoms with Gasteiger partial charge >= 0.3 is 0 Å². The van der Waals surface area contributed by atoms with Gasteiger partial charge < -0.3 is 15.5 Å². The third-order valence-corrected chi connectivity index (χ3v) is 5.25. The molecule has 0 heterocycles. The zero-order valence-corrected chi connectivity index (χ0v) is 16.2. The second kappa shape index (κ2) is 8.87. The predicted octanol–water partition coefficient (Wildman–Crippen LogP) is 4.28. The molecule has 1 saturated carbocycles. The molecule has 3 rings (SSSR count). The molecule has 1 fully saturated rings. The van der Waals surface area contributed by atoms with Crippen molar-refractivity contribution in [2.24, 2.45) is 11.8 Å². The lowest BCUT2D eigenvalue weighted by Gasteiger charge is -2.27. The average Bonchev–Trinajstić information content (AvgIpc) is 2.70. The van der Waals surface area contributed by atoms with Crippen LogP contribution in [0.15, 0.2) is 48.5 Å². The van der Waals surface area contributed by atoms with Gasteiger partial charge in [-0.1, -0.05) is 12.1 Å². The predicted molar refractivity (Wildman–Crippen MR) is 110 cm³/mol. The molecule has 0 spiro atoms. The number of carbonyl (C=O) groups is 2. The Morgan fingerprint density at radius 1 is 0.857 bits per heavy atom. The van der Waals surface area contributed by atoms with Crippen molar-refractivity contribution >= 4 is 28.9 Å². The van der Waals surface area contributed by atoms with Gasteiger partial charge in [-0.2, -0.15) is 0 Å². The number of rotatable bonds is 5. The van der Waals surface area contributed by atoms with E-state index in [0.29, 0.717) is 25.7 Å². The van der Waals surface area contributed by atoms with Crippen LogP contribution in [0.4, 0.5) is 21.5 Å². The number of hydrogen-bond donors (Lipinski definition) is 2. The van der Waals surface area contributed by atoms with E-state index in [0.717, 1.165) is 11.4 Å². The minimum Gasteiger partial charge on any atom is -0.378 e. The Morgan fingerprint density at radius 2 is 1.39 bits per heavy atom. The van der Waals surface area contributed by atoms with Crippen LogP contribution in [0.25, 0.3) is 0 Å². The summed E-state index contributed by atoms with van der Waals surface area (Å²) in [6.07, 6.45) is 2.55. The van der Waals surface area contributed by atoms with E-state index in [1.807, 2.05) is 43.3 Å².